The molecule has 0 amide bonds. The van der Waals surface area contributed by atoms with Crippen LogP contribution in [0.25, 0.3) is 11.0 Å². The Hall–Kier alpha value is -3.19. The second kappa shape index (κ2) is 7.09. The molecule has 0 fully saturated rings. The number of carbonyl (C=O) groups excluding carboxylic acids is 1. The van der Waals surface area contributed by atoms with Crippen molar-refractivity contribution in [2.45, 2.75) is 12.3 Å². The third-order valence-electron chi connectivity index (χ3n) is 4.62. The van der Waals surface area contributed by atoms with Gasteiger partial charge in [-0.3, -0.25) is 4.79 Å². The van der Waals surface area contributed by atoms with Crippen LogP contribution in [0.4, 0.5) is 0 Å². The highest BCUT2D eigenvalue weighted by Gasteiger charge is 2.30. The summed E-state index contributed by atoms with van der Waals surface area (Å²) in [5, 5.41) is 11.4. The number of ether oxygens (including phenoxy) is 3. The van der Waals surface area contributed by atoms with Gasteiger partial charge >= 0.3 is 11.6 Å². The van der Waals surface area contributed by atoms with Crippen LogP contribution in [0.15, 0.2) is 45.6 Å². The van der Waals surface area contributed by atoms with Gasteiger partial charge in [0.1, 0.15) is 11.3 Å². The fraction of sp³-hybridized carbons (Fsp3) is 0.200. The van der Waals surface area contributed by atoms with Gasteiger partial charge in [-0.15, -0.1) is 0 Å². The van der Waals surface area contributed by atoms with Crippen LogP contribution < -0.4 is 15.1 Å². The van der Waals surface area contributed by atoms with Gasteiger partial charge in [0.15, 0.2) is 11.5 Å². The molecule has 1 unspecified atom stereocenters. The standard InChI is InChI=1S/C20H15ClO7/c1-25-16(22)8-12(10-6-13(21)19-15(7-10)26-9-27-19)17-18(23)11-4-2-3-5-14(11)28-20(17)24/h2-7,12,23H,8-9H2,1H3. The zero-order valence-corrected chi connectivity index (χ0v) is 15.5. The maximum absolute atomic E-state index is 12.7. The summed E-state index contributed by atoms with van der Waals surface area (Å²) >= 11 is 6.27. The lowest BCUT2D eigenvalue weighted by Gasteiger charge is -2.18. The van der Waals surface area contributed by atoms with Gasteiger partial charge in [-0.2, -0.15) is 0 Å². The minimum atomic E-state index is -0.861. The lowest BCUT2D eigenvalue weighted by atomic mass is 9.88. The van der Waals surface area contributed by atoms with Crippen molar-refractivity contribution < 1.29 is 28.5 Å². The van der Waals surface area contributed by atoms with Crippen LogP contribution in [0.1, 0.15) is 23.5 Å². The molecule has 2 heterocycles. The summed E-state index contributed by atoms with van der Waals surface area (Å²) in [6, 6.07) is 9.78. The number of benzene rings is 2. The Bertz CT molecular complexity index is 1140. The van der Waals surface area contributed by atoms with Gasteiger partial charge in [0.2, 0.25) is 6.79 Å². The van der Waals surface area contributed by atoms with Gasteiger partial charge in [-0.05, 0) is 29.8 Å². The van der Waals surface area contributed by atoms with Crippen LogP contribution >= 0.6 is 11.6 Å². The van der Waals surface area contributed by atoms with Gasteiger partial charge in [0, 0.05) is 5.92 Å². The lowest BCUT2D eigenvalue weighted by molar-refractivity contribution is -0.140. The Labute approximate surface area is 164 Å². The van der Waals surface area contributed by atoms with Crippen molar-refractivity contribution in [3.05, 3.63) is 63.0 Å². The molecule has 1 atom stereocenters. The van der Waals surface area contributed by atoms with Crippen molar-refractivity contribution in [3.63, 3.8) is 0 Å². The third kappa shape index (κ3) is 3.03. The summed E-state index contributed by atoms with van der Waals surface area (Å²) in [4.78, 5) is 24.7. The molecule has 144 valence electrons. The van der Waals surface area contributed by atoms with E-state index in [4.69, 9.17) is 30.2 Å². The number of halogens is 1. The molecular formula is C20H15ClO7. The fourth-order valence-electron chi connectivity index (χ4n) is 3.28. The molecule has 8 heteroatoms. The van der Waals surface area contributed by atoms with Crippen LogP contribution in [-0.4, -0.2) is 25.0 Å². The highest BCUT2D eigenvalue weighted by atomic mass is 35.5. The summed E-state index contributed by atoms with van der Waals surface area (Å²) in [7, 11) is 1.24. The molecule has 4 rings (SSSR count). The van der Waals surface area contributed by atoms with Gasteiger partial charge in [-0.1, -0.05) is 23.7 Å². The van der Waals surface area contributed by atoms with Crippen LogP contribution in [0, 0.1) is 0 Å². The molecule has 0 bridgehead atoms. The smallest absolute Gasteiger partial charge is 0.343 e. The summed E-state index contributed by atoms with van der Waals surface area (Å²) in [5.74, 6) is -0.903. The van der Waals surface area contributed by atoms with Crippen LogP contribution in [0.2, 0.25) is 5.02 Å². The van der Waals surface area contributed by atoms with Crippen LogP contribution in [0.3, 0.4) is 0 Å². The van der Waals surface area contributed by atoms with Gasteiger partial charge in [0.25, 0.3) is 0 Å². The van der Waals surface area contributed by atoms with Crippen LogP contribution in [-0.2, 0) is 9.53 Å². The summed E-state index contributed by atoms with van der Waals surface area (Å²) in [6.07, 6.45) is -0.205. The van der Waals surface area contributed by atoms with E-state index >= 15 is 0 Å². The summed E-state index contributed by atoms with van der Waals surface area (Å²) < 4.78 is 20.8. The minimum Gasteiger partial charge on any atom is -0.507 e. The topological polar surface area (TPSA) is 95.2 Å². The number of hydrogen-bond donors (Lipinski definition) is 1. The number of aromatic hydroxyl groups is 1. The molecule has 0 aliphatic carbocycles. The van der Waals surface area contributed by atoms with Crippen molar-refractivity contribution in [3.8, 4) is 17.2 Å². The molecule has 0 radical (unpaired) electrons. The van der Waals surface area contributed by atoms with Crippen molar-refractivity contribution in [1.29, 1.82) is 0 Å². The molecule has 3 aromatic rings. The Morgan fingerprint density at radius 2 is 2.07 bits per heavy atom. The minimum absolute atomic E-state index is 0.0174. The average molecular weight is 403 g/mol. The normalized spacial score (nSPS) is 13.5. The monoisotopic (exact) mass is 402 g/mol. The van der Waals surface area contributed by atoms with E-state index in [0.29, 0.717) is 22.4 Å². The molecule has 0 spiro atoms. The largest absolute Gasteiger partial charge is 0.507 e. The molecule has 1 N–H and O–H groups in total. The predicted molar refractivity (Wildman–Crippen MR) is 100 cm³/mol. The molecule has 0 saturated carbocycles. The molecule has 1 aromatic heterocycles. The molecular weight excluding hydrogens is 388 g/mol. The van der Waals surface area contributed by atoms with Gasteiger partial charge < -0.3 is 23.7 Å². The van der Waals surface area contributed by atoms with E-state index in [1.54, 1.807) is 36.4 Å². The van der Waals surface area contributed by atoms with Gasteiger partial charge in [-0.25, -0.2) is 4.79 Å². The molecule has 0 saturated heterocycles. The number of fused-ring (bicyclic) bond motifs is 2. The molecule has 1 aliphatic rings. The number of rotatable bonds is 4. The maximum atomic E-state index is 12.7. The predicted octanol–water partition coefficient (Wildman–Crippen LogP) is 3.58. The lowest BCUT2D eigenvalue weighted by Crippen LogP contribution is -2.18. The van der Waals surface area contributed by atoms with Crippen molar-refractivity contribution in [2.75, 3.05) is 13.9 Å². The summed E-state index contributed by atoms with van der Waals surface area (Å²) in [5.41, 5.74) is -0.0789. The molecule has 1 aliphatic heterocycles. The summed E-state index contributed by atoms with van der Waals surface area (Å²) in [6.45, 7) is 0.0174. The number of carbonyl (C=O) groups is 1. The third-order valence-corrected chi connectivity index (χ3v) is 4.90. The van der Waals surface area contributed by atoms with E-state index in [2.05, 4.69) is 0 Å². The van der Waals surface area contributed by atoms with E-state index in [0.717, 1.165) is 0 Å². The van der Waals surface area contributed by atoms with Crippen molar-refractivity contribution in [2.24, 2.45) is 0 Å². The van der Waals surface area contributed by atoms with E-state index < -0.39 is 17.5 Å². The number of hydrogen-bond acceptors (Lipinski definition) is 7. The van der Waals surface area contributed by atoms with E-state index in [1.807, 2.05) is 0 Å². The Morgan fingerprint density at radius 3 is 2.86 bits per heavy atom. The Kier molecular flexibility index (Phi) is 4.60. The quantitative estimate of drug-likeness (QED) is 0.526. The molecule has 7 nitrogen and oxygen atoms in total. The zero-order valence-electron chi connectivity index (χ0n) is 14.7. The van der Waals surface area contributed by atoms with Gasteiger partial charge in [0.05, 0.1) is 29.5 Å². The Balaban J connectivity index is 1.93. The number of esters is 1. The highest BCUT2D eigenvalue weighted by molar-refractivity contribution is 6.32. The first-order valence-electron chi connectivity index (χ1n) is 8.40. The Morgan fingerprint density at radius 1 is 1.29 bits per heavy atom. The second-order valence-electron chi connectivity index (χ2n) is 6.22. The van der Waals surface area contributed by atoms with E-state index in [1.165, 1.54) is 7.11 Å². The fourth-order valence-corrected chi connectivity index (χ4v) is 3.55. The average Bonchev–Trinajstić information content (AvgIpc) is 3.16. The second-order valence-corrected chi connectivity index (χ2v) is 6.62. The number of para-hydroxylation sites is 1. The van der Waals surface area contributed by atoms with Crippen LogP contribution in [0.5, 0.6) is 17.2 Å². The molecule has 28 heavy (non-hydrogen) atoms. The maximum Gasteiger partial charge on any atom is 0.343 e. The zero-order chi connectivity index (χ0) is 19.8. The molecule has 2 aromatic carbocycles. The SMILES string of the molecule is COC(=O)CC(c1cc(Cl)c2c(c1)OCO2)c1c(O)c2ccccc2oc1=O. The van der Waals surface area contributed by atoms with E-state index in [9.17, 15) is 14.7 Å². The first-order chi connectivity index (χ1) is 13.5. The van der Waals surface area contributed by atoms with Crippen molar-refractivity contribution >= 4 is 28.5 Å². The number of methoxy groups -OCH3 is 1. The highest BCUT2D eigenvalue weighted by Crippen LogP contribution is 2.44. The first kappa shape index (κ1) is 18.2. The first-order valence-corrected chi connectivity index (χ1v) is 8.78. The van der Waals surface area contributed by atoms with Crippen molar-refractivity contribution in [1.82, 2.24) is 0 Å². The van der Waals surface area contributed by atoms with E-state index in [-0.39, 0.29) is 35.1 Å².